The van der Waals surface area contributed by atoms with Gasteiger partial charge in [0.15, 0.2) is 4.74 Å². The summed E-state index contributed by atoms with van der Waals surface area (Å²) in [6, 6.07) is 0.588. The van der Waals surface area contributed by atoms with Gasteiger partial charge in [-0.3, -0.25) is 0 Å². The van der Waals surface area contributed by atoms with Crippen molar-refractivity contribution in [1.29, 1.82) is 0 Å². The molecule has 0 amide bonds. The predicted molar refractivity (Wildman–Crippen MR) is 53.0 cm³/mol. The topological polar surface area (TPSA) is 3.24 Å². The average molecular weight is 236 g/mol. The van der Waals surface area contributed by atoms with Crippen LogP contribution in [0.3, 0.4) is 0 Å². The van der Waals surface area contributed by atoms with Gasteiger partial charge in [0.25, 0.3) is 0 Å². The lowest BCUT2D eigenvalue weighted by atomic mass is 10.0. The first-order chi connectivity index (χ1) is 5.61. The van der Waals surface area contributed by atoms with Gasteiger partial charge in [-0.25, -0.2) is 0 Å². The zero-order valence-electron chi connectivity index (χ0n) is 7.61. The molecule has 0 aromatic rings. The van der Waals surface area contributed by atoms with Crippen molar-refractivity contribution < 1.29 is 4.39 Å². The van der Waals surface area contributed by atoms with Crippen molar-refractivity contribution in [3.63, 3.8) is 0 Å². The van der Waals surface area contributed by atoms with E-state index in [1.165, 1.54) is 0 Å². The minimum Gasteiger partial charge on any atom is -0.300 e. The maximum Gasteiger partial charge on any atom is 0.164 e. The predicted octanol–water partition coefficient (Wildman–Crippen LogP) is 3.07. The third-order valence-corrected chi connectivity index (χ3v) is 2.96. The van der Waals surface area contributed by atoms with Crippen molar-refractivity contribution in [2.45, 2.75) is 32.7 Å². The smallest absolute Gasteiger partial charge is 0.164 e. The second-order valence-corrected chi connectivity index (χ2v) is 4.19. The lowest BCUT2D eigenvalue weighted by molar-refractivity contribution is 0.206. The SMILES string of the molecule is CC(C)N1CCC(=C(F)Br)CC1. The number of likely N-dealkylation sites (tertiary alicyclic amines) is 1. The lowest BCUT2D eigenvalue weighted by Crippen LogP contribution is -2.36. The molecule has 0 radical (unpaired) electrons. The van der Waals surface area contributed by atoms with E-state index in [1.54, 1.807) is 0 Å². The van der Waals surface area contributed by atoms with E-state index in [1.807, 2.05) is 0 Å². The molecule has 1 heterocycles. The summed E-state index contributed by atoms with van der Waals surface area (Å²) in [5, 5.41) is 0. The summed E-state index contributed by atoms with van der Waals surface area (Å²) < 4.78 is 12.5. The maximum absolute atomic E-state index is 12.7. The highest BCUT2D eigenvalue weighted by Gasteiger charge is 2.17. The van der Waals surface area contributed by atoms with Crippen molar-refractivity contribution in [3.8, 4) is 0 Å². The number of piperidine rings is 1. The van der Waals surface area contributed by atoms with E-state index >= 15 is 0 Å². The van der Waals surface area contributed by atoms with Crippen molar-refractivity contribution in [2.75, 3.05) is 13.1 Å². The van der Waals surface area contributed by atoms with Crippen molar-refractivity contribution in [1.82, 2.24) is 4.90 Å². The van der Waals surface area contributed by atoms with Crippen LogP contribution in [0.15, 0.2) is 10.3 Å². The first-order valence-electron chi connectivity index (χ1n) is 4.38. The molecule has 0 unspecified atom stereocenters. The molecule has 0 aliphatic carbocycles. The van der Waals surface area contributed by atoms with E-state index in [4.69, 9.17) is 0 Å². The Bertz CT molecular complexity index is 175. The number of nitrogens with zero attached hydrogens (tertiary/aromatic N) is 1. The van der Waals surface area contributed by atoms with Crippen LogP contribution in [0.5, 0.6) is 0 Å². The van der Waals surface area contributed by atoms with Gasteiger partial charge in [0.2, 0.25) is 0 Å². The molecule has 1 aliphatic rings. The molecular weight excluding hydrogens is 221 g/mol. The van der Waals surface area contributed by atoms with Gasteiger partial charge in [-0.1, -0.05) is 0 Å². The molecule has 1 rings (SSSR count). The quantitative estimate of drug-likeness (QED) is 0.676. The fourth-order valence-electron chi connectivity index (χ4n) is 1.50. The van der Waals surface area contributed by atoms with Crippen LogP contribution in [0.1, 0.15) is 26.7 Å². The van der Waals surface area contributed by atoms with E-state index in [0.29, 0.717) is 6.04 Å². The van der Waals surface area contributed by atoms with E-state index in [0.717, 1.165) is 31.5 Å². The van der Waals surface area contributed by atoms with E-state index < -0.39 is 0 Å². The molecule has 0 N–H and O–H groups in total. The van der Waals surface area contributed by atoms with E-state index in [-0.39, 0.29) is 4.74 Å². The number of rotatable bonds is 1. The highest BCUT2D eigenvalue weighted by Crippen LogP contribution is 2.24. The average Bonchev–Trinajstić information content (AvgIpc) is 2.04. The van der Waals surface area contributed by atoms with E-state index in [9.17, 15) is 4.39 Å². The Morgan fingerprint density at radius 2 is 1.92 bits per heavy atom. The second kappa shape index (κ2) is 4.38. The van der Waals surface area contributed by atoms with Crippen LogP contribution < -0.4 is 0 Å². The summed E-state index contributed by atoms with van der Waals surface area (Å²) in [7, 11) is 0. The van der Waals surface area contributed by atoms with Gasteiger partial charge in [0.05, 0.1) is 0 Å². The molecule has 0 bridgehead atoms. The van der Waals surface area contributed by atoms with Gasteiger partial charge in [0.1, 0.15) is 0 Å². The van der Waals surface area contributed by atoms with Gasteiger partial charge in [-0.15, -0.1) is 0 Å². The van der Waals surface area contributed by atoms with Gasteiger partial charge in [-0.05, 0) is 48.2 Å². The summed E-state index contributed by atoms with van der Waals surface area (Å²) in [5.41, 5.74) is 0.937. The minimum absolute atomic E-state index is 0.147. The fraction of sp³-hybridized carbons (Fsp3) is 0.778. The van der Waals surface area contributed by atoms with Crippen LogP contribution in [-0.4, -0.2) is 24.0 Å². The Labute approximate surface area is 81.8 Å². The number of hydrogen-bond donors (Lipinski definition) is 0. The van der Waals surface area contributed by atoms with Gasteiger partial charge in [-0.2, -0.15) is 4.39 Å². The number of halogens is 2. The molecule has 0 aromatic carbocycles. The molecule has 1 saturated heterocycles. The largest absolute Gasteiger partial charge is 0.300 e. The fourth-order valence-corrected chi connectivity index (χ4v) is 1.90. The summed E-state index contributed by atoms with van der Waals surface area (Å²) in [4.78, 5) is 2.37. The van der Waals surface area contributed by atoms with Gasteiger partial charge in [0, 0.05) is 19.1 Å². The zero-order valence-corrected chi connectivity index (χ0v) is 9.19. The van der Waals surface area contributed by atoms with Crippen molar-refractivity contribution in [2.24, 2.45) is 0 Å². The van der Waals surface area contributed by atoms with Gasteiger partial charge < -0.3 is 4.90 Å². The normalized spacial score (nSPS) is 20.2. The summed E-state index contributed by atoms with van der Waals surface area (Å²) >= 11 is 2.89. The minimum atomic E-state index is -0.147. The first kappa shape index (κ1) is 10.2. The Balaban J connectivity index is 2.45. The van der Waals surface area contributed by atoms with Crippen LogP contribution in [0, 0.1) is 0 Å². The molecule has 3 heteroatoms. The molecule has 0 atom stereocenters. The summed E-state index contributed by atoms with van der Waals surface area (Å²) in [6.07, 6.45) is 1.74. The van der Waals surface area contributed by atoms with Crippen LogP contribution in [0.2, 0.25) is 0 Å². The Kier molecular flexibility index (Phi) is 3.72. The molecular formula is C9H15BrFN. The molecule has 1 nitrogen and oxygen atoms in total. The molecule has 1 fully saturated rings. The highest BCUT2D eigenvalue weighted by atomic mass is 79.9. The van der Waals surface area contributed by atoms with Crippen molar-refractivity contribution >= 4 is 15.9 Å². The first-order valence-corrected chi connectivity index (χ1v) is 5.17. The summed E-state index contributed by atoms with van der Waals surface area (Å²) in [5.74, 6) is 0. The number of hydrogen-bond acceptors (Lipinski definition) is 1. The van der Waals surface area contributed by atoms with Crippen LogP contribution in [0.4, 0.5) is 4.39 Å². The third-order valence-electron chi connectivity index (χ3n) is 2.40. The zero-order chi connectivity index (χ0) is 9.14. The Morgan fingerprint density at radius 3 is 2.25 bits per heavy atom. The van der Waals surface area contributed by atoms with Crippen molar-refractivity contribution in [3.05, 3.63) is 10.3 Å². The molecule has 12 heavy (non-hydrogen) atoms. The molecule has 70 valence electrons. The Hall–Kier alpha value is 0.110. The molecule has 0 aromatic heterocycles. The second-order valence-electron chi connectivity index (χ2n) is 3.49. The van der Waals surface area contributed by atoms with E-state index in [2.05, 4.69) is 34.7 Å². The summed E-state index contributed by atoms with van der Waals surface area (Å²) in [6.45, 7) is 6.34. The molecule has 0 saturated carbocycles. The Morgan fingerprint density at radius 1 is 1.42 bits per heavy atom. The monoisotopic (exact) mass is 235 g/mol. The van der Waals surface area contributed by atoms with Gasteiger partial charge >= 0.3 is 0 Å². The highest BCUT2D eigenvalue weighted by molar-refractivity contribution is 9.11. The molecule has 0 spiro atoms. The van der Waals surface area contributed by atoms with Crippen LogP contribution in [0.25, 0.3) is 0 Å². The molecule has 1 aliphatic heterocycles. The lowest BCUT2D eigenvalue weighted by Gasteiger charge is -2.31. The van der Waals surface area contributed by atoms with Crippen LogP contribution >= 0.6 is 15.9 Å². The maximum atomic E-state index is 12.7. The van der Waals surface area contributed by atoms with Crippen LogP contribution in [-0.2, 0) is 0 Å². The third kappa shape index (κ3) is 2.56. The standard InChI is InChI=1S/C9H15BrFN/c1-7(2)12-5-3-8(4-6-12)9(10)11/h7H,3-6H2,1-2H3.